The SMILES string of the molecule is CC1=C[NH+](C)OC1. The van der Waals surface area contributed by atoms with Crippen molar-refractivity contribution in [1.29, 1.82) is 0 Å². The number of nitrogens with one attached hydrogen (secondary N) is 1. The Morgan fingerprint density at radius 1 is 1.86 bits per heavy atom. The highest BCUT2D eigenvalue weighted by Gasteiger charge is 2.08. The van der Waals surface area contributed by atoms with Crippen molar-refractivity contribution in [3.05, 3.63) is 11.8 Å². The number of hydrogen-bond acceptors (Lipinski definition) is 1. The van der Waals surface area contributed by atoms with Gasteiger partial charge in [0.25, 0.3) is 0 Å². The van der Waals surface area contributed by atoms with E-state index in [0.29, 0.717) is 0 Å². The average Bonchev–Trinajstić information content (AvgIpc) is 1.87. The Balaban J connectivity index is 2.50. The summed E-state index contributed by atoms with van der Waals surface area (Å²) >= 11 is 0. The summed E-state index contributed by atoms with van der Waals surface area (Å²) in [6.07, 6.45) is 2.06. The lowest BCUT2D eigenvalue weighted by atomic mass is 10.4. The van der Waals surface area contributed by atoms with Crippen LogP contribution >= 0.6 is 0 Å². The van der Waals surface area contributed by atoms with Gasteiger partial charge in [0.05, 0.1) is 0 Å². The Labute approximate surface area is 43.3 Å². The smallest absolute Gasteiger partial charge is 0.133 e. The summed E-state index contributed by atoms with van der Waals surface area (Å²) in [6.45, 7) is 2.86. The molecule has 2 heteroatoms. The Bertz CT molecular complexity index is 98.3. The Hall–Kier alpha value is -0.340. The van der Waals surface area contributed by atoms with Gasteiger partial charge >= 0.3 is 0 Å². The molecule has 0 aromatic rings. The van der Waals surface area contributed by atoms with Crippen molar-refractivity contribution in [2.24, 2.45) is 0 Å². The quantitative estimate of drug-likeness (QED) is 0.427. The summed E-state index contributed by atoms with van der Waals surface area (Å²) in [6, 6.07) is 0. The predicted molar refractivity (Wildman–Crippen MR) is 26.6 cm³/mol. The molecule has 1 unspecified atom stereocenters. The molecular weight excluding hydrogens is 90.1 g/mol. The summed E-state index contributed by atoms with van der Waals surface area (Å²) in [7, 11) is 1.97. The minimum Gasteiger partial charge on any atom is -0.195 e. The van der Waals surface area contributed by atoms with Crippen LogP contribution in [-0.2, 0) is 4.84 Å². The molecule has 1 aliphatic rings. The van der Waals surface area contributed by atoms with Gasteiger partial charge in [-0.15, -0.1) is 0 Å². The normalized spacial score (nSPS) is 30.6. The molecule has 1 aliphatic heterocycles. The van der Waals surface area contributed by atoms with Crippen LogP contribution < -0.4 is 5.06 Å². The fraction of sp³-hybridized carbons (Fsp3) is 0.600. The van der Waals surface area contributed by atoms with E-state index in [-0.39, 0.29) is 0 Å². The van der Waals surface area contributed by atoms with Crippen LogP contribution in [-0.4, -0.2) is 13.7 Å². The van der Waals surface area contributed by atoms with Crippen LogP contribution in [0, 0.1) is 0 Å². The van der Waals surface area contributed by atoms with Gasteiger partial charge in [-0.1, -0.05) is 0 Å². The lowest BCUT2D eigenvalue weighted by Crippen LogP contribution is -3.01. The Kier molecular flexibility index (Phi) is 1.13. The maximum atomic E-state index is 5.09. The van der Waals surface area contributed by atoms with Crippen LogP contribution in [0.2, 0.25) is 0 Å². The van der Waals surface area contributed by atoms with E-state index in [1.165, 1.54) is 5.57 Å². The highest BCUT2D eigenvalue weighted by molar-refractivity contribution is 4.92. The van der Waals surface area contributed by atoms with E-state index in [9.17, 15) is 0 Å². The van der Waals surface area contributed by atoms with Gasteiger partial charge in [-0.25, -0.2) is 0 Å². The van der Waals surface area contributed by atoms with Crippen LogP contribution in [0.4, 0.5) is 0 Å². The average molecular weight is 100 g/mol. The van der Waals surface area contributed by atoms with Crippen molar-refractivity contribution in [3.8, 4) is 0 Å². The molecule has 0 aliphatic carbocycles. The molecule has 0 bridgehead atoms. The van der Waals surface area contributed by atoms with E-state index in [2.05, 4.69) is 13.1 Å². The highest BCUT2D eigenvalue weighted by atomic mass is 16.7. The molecule has 1 atom stereocenters. The van der Waals surface area contributed by atoms with Gasteiger partial charge in [-0.05, 0) is 6.92 Å². The fourth-order valence-electron chi connectivity index (χ4n) is 0.658. The second-order valence-electron chi connectivity index (χ2n) is 1.89. The first-order valence-corrected chi connectivity index (χ1v) is 2.42. The second-order valence-corrected chi connectivity index (χ2v) is 1.89. The van der Waals surface area contributed by atoms with Crippen molar-refractivity contribution in [2.75, 3.05) is 13.7 Å². The summed E-state index contributed by atoms with van der Waals surface area (Å²) in [5, 5.41) is 1.04. The van der Waals surface area contributed by atoms with Crippen LogP contribution in [0.25, 0.3) is 0 Å². The highest BCUT2D eigenvalue weighted by Crippen LogP contribution is 1.90. The number of quaternary nitrogens is 1. The van der Waals surface area contributed by atoms with Gasteiger partial charge in [0.1, 0.15) is 19.9 Å². The number of rotatable bonds is 0. The van der Waals surface area contributed by atoms with Crippen LogP contribution in [0.1, 0.15) is 6.92 Å². The van der Waals surface area contributed by atoms with Crippen molar-refractivity contribution in [3.63, 3.8) is 0 Å². The Morgan fingerprint density at radius 2 is 2.57 bits per heavy atom. The van der Waals surface area contributed by atoms with Gasteiger partial charge in [-0.3, -0.25) is 0 Å². The van der Waals surface area contributed by atoms with Gasteiger partial charge in [0.15, 0.2) is 0 Å². The maximum absolute atomic E-state index is 5.09. The number of hydrogen-bond donors (Lipinski definition) is 1. The van der Waals surface area contributed by atoms with E-state index in [1.807, 2.05) is 7.05 Å². The van der Waals surface area contributed by atoms with Crippen molar-refractivity contribution in [1.82, 2.24) is 0 Å². The summed E-state index contributed by atoms with van der Waals surface area (Å²) in [4.78, 5) is 5.09. The van der Waals surface area contributed by atoms with E-state index in [0.717, 1.165) is 11.7 Å². The standard InChI is InChI=1S/C5H9NO/c1-5-3-6(2)7-4-5/h3H,4H2,1-2H3/p+1. The van der Waals surface area contributed by atoms with Crippen molar-refractivity contribution in [2.45, 2.75) is 6.92 Å². The molecule has 0 fully saturated rings. The second kappa shape index (κ2) is 1.64. The fourth-order valence-corrected chi connectivity index (χ4v) is 0.658. The third-order valence-corrected chi connectivity index (χ3v) is 0.977. The molecule has 0 saturated heterocycles. The van der Waals surface area contributed by atoms with Crippen molar-refractivity contribution >= 4 is 0 Å². The monoisotopic (exact) mass is 100 g/mol. The summed E-state index contributed by atoms with van der Waals surface area (Å²) < 4.78 is 0. The van der Waals surface area contributed by atoms with Crippen LogP contribution in [0.3, 0.4) is 0 Å². The molecule has 0 amide bonds. The molecular formula is C5H10NO+. The topological polar surface area (TPSA) is 13.7 Å². The van der Waals surface area contributed by atoms with Crippen molar-refractivity contribution < 1.29 is 9.90 Å². The van der Waals surface area contributed by atoms with E-state index >= 15 is 0 Å². The molecule has 1 rings (SSSR count). The molecule has 1 heterocycles. The lowest BCUT2D eigenvalue weighted by molar-refractivity contribution is -1.03. The van der Waals surface area contributed by atoms with E-state index in [1.54, 1.807) is 0 Å². The van der Waals surface area contributed by atoms with E-state index in [4.69, 9.17) is 4.84 Å². The maximum Gasteiger partial charge on any atom is 0.133 e. The van der Waals surface area contributed by atoms with Gasteiger partial charge in [-0.2, -0.15) is 9.90 Å². The molecule has 0 aromatic heterocycles. The first kappa shape index (κ1) is 4.81. The predicted octanol–water partition coefficient (Wildman–Crippen LogP) is -0.650. The van der Waals surface area contributed by atoms with E-state index < -0.39 is 0 Å². The first-order chi connectivity index (χ1) is 3.29. The molecule has 0 radical (unpaired) electrons. The molecule has 40 valence electrons. The zero-order valence-electron chi connectivity index (χ0n) is 4.69. The van der Waals surface area contributed by atoms with Gasteiger partial charge in [0, 0.05) is 5.57 Å². The summed E-state index contributed by atoms with van der Waals surface area (Å²) in [5.74, 6) is 0. The molecule has 0 aromatic carbocycles. The minimum atomic E-state index is 0.797. The Morgan fingerprint density at radius 3 is 2.71 bits per heavy atom. The zero-order valence-corrected chi connectivity index (χ0v) is 4.69. The number of hydroxylamine groups is 2. The minimum absolute atomic E-state index is 0.797. The molecule has 0 spiro atoms. The summed E-state index contributed by atoms with van der Waals surface area (Å²) in [5.41, 5.74) is 1.32. The molecule has 2 nitrogen and oxygen atoms in total. The lowest BCUT2D eigenvalue weighted by Gasteiger charge is -1.94. The third-order valence-electron chi connectivity index (χ3n) is 0.977. The van der Waals surface area contributed by atoms with Crippen LogP contribution in [0.5, 0.6) is 0 Å². The molecule has 1 N–H and O–H groups in total. The molecule has 7 heavy (non-hydrogen) atoms. The molecule has 0 saturated carbocycles. The van der Waals surface area contributed by atoms with Gasteiger partial charge < -0.3 is 0 Å². The zero-order chi connectivity index (χ0) is 5.28. The third kappa shape index (κ3) is 1.01. The largest absolute Gasteiger partial charge is 0.195 e. The van der Waals surface area contributed by atoms with Gasteiger partial charge in [0.2, 0.25) is 0 Å². The van der Waals surface area contributed by atoms with Crippen LogP contribution in [0.15, 0.2) is 11.8 Å². The first-order valence-electron chi connectivity index (χ1n) is 2.42.